The van der Waals surface area contributed by atoms with Crippen LogP contribution in [0.5, 0.6) is 11.5 Å². The Kier molecular flexibility index (Phi) is 7.08. The Balaban J connectivity index is 1.36. The number of hydrogen-bond donors (Lipinski definition) is 0. The summed E-state index contributed by atoms with van der Waals surface area (Å²) in [4.78, 5) is -2.30. The maximum absolute atomic E-state index is 14.4. The molecule has 0 amide bonds. The molecule has 1 unspecified atom stereocenters. The predicted octanol–water partition coefficient (Wildman–Crippen LogP) is 6.55. The molecule has 0 saturated carbocycles. The largest absolute Gasteiger partial charge is 0.457 e. The first-order chi connectivity index (χ1) is 18.9. The van der Waals surface area contributed by atoms with Crippen molar-refractivity contribution in [2.24, 2.45) is 0 Å². The molecule has 210 valence electrons. The molecule has 0 aliphatic carbocycles. The Morgan fingerprint density at radius 3 is 2.10 bits per heavy atom. The molecule has 1 aliphatic rings. The van der Waals surface area contributed by atoms with Crippen molar-refractivity contribution >= 4 is 10.0 Å². The molecule has 3 aromatic carbocycles. The van der Waals surface area contributed by atoms with Crippen molar-refractivity contribution in [2.75, 3.05) is 13.1 Å². The molecule has 1 atom stereocenters. The summed E-state index contributed by atoms with van der Waals surface area (Å²) in [6.45, 7) is -0.865. The van der Waals surface area contributed by atoms with E-state index in [9.17, 15) is 39.2 Å². The van der Waals surface area contributed by atoms with Gasteiger partial charge in [0.2, 0.25) is 10.0 Å². The summed E-state index contributed by atoms with van der Waals surface area (Å²) < 4.78 is 130. The minimum Gasteiger partial charge on any atom is -0.457 e. The Hall–Kier alpha value is -3.91. The SMILES string of the molecule is O=S(=O)(c1c(F)c(F)c(F)c(F)c1C(F)(F)F)N1CCC(n2ccc(-c3ccc(Oc4ccccc4)cc3)n2)C1. The summed E-state index contributed by atoms with van der Waals surface area (Å²) in [5.41, 5.74) is -1.54. The molecule has 1 aromatic heterocycles. The highest BCUT2D eigenvalue weighted by Crippen LogP contribution is 2.41. The second-order valence-corrected chi connectivity index (χ2v) is 10.8. The van der Waals surface area contributed by atoms with Gasteiger partial charge in [0.1, 0.15) is 22.0 Å². The number of benzene rings is 3. The van der Waals surface area contributed by atoms with Gasteiger partial charge >= 0.3 is 6.18 Å². The third-order valence-electron chi connectivity index (χ3n) is 6.34. The van der Waals surface area contributed by atoms with Gasteiger partial charge in [-0.25, -0.2) is 26.0 Å². The zero-order chi connectivity index (χ0) is 28.8. The van der Waals surface area contributed by atoms with Gasteiger partial charge in [-0.05, 0) is 48.9 Å². The maximum atomic E-state index is 14.4. The van der Waals surface area contributed by atoms with Crippen LogP contribution < -0.4 is 4.74 Å². The fourth-order valence-electron chi connectivity index (χ4n) is 4.39. The second-order valence-electron chi connectivity index (χ2n) is 8.88. The van der Waals surface area contributed by atoms with E-state index in [1.807, 2.05) is 18.2 Å². The molecule has 0 spiro atoms. The molecule has 0 bridgehead atoms. The molecule has 4 aromatic rings. The van der Waals surface area contributed by atoms with Crippen molar-refractivity contribution in [1.29, 1.82) is 0 Å². The average Bonchev–Trinajstić information content (AvgIpc) is 3.60. The van der Waals surface area contributed by atoms with Crippen LogP contribution in [-0.2, 0) is 16.2 Å². The van der Waals surface area contributed by atoms with E-state index in [0.717, 1.165) is 0 Å². The van der Waals surface area contributed by atoms with Crippen LogP contribution >= 0.6 is 0 Å². The zero-order valence-electron chi connectivity index (χ0n) is 20.2. The summed E-state index contributed by atoms with van der Waals surface area (Å²) >= 11 is 0. The molecule has 14 heteroatoms. The lowest BCUT2D eigenvalue weighted by Gasteiger charge is -2.21. The number of aromatic nitrogens is 2. The zero-order valence-corrected chi connectivity index (χ0v) is 21.0. The van der Waals surface area contributed by atoms with Crippen LogP contribution in [0.4, 0.5) is 30.7 Å². The molecule has 1 aliphatic heterocycles. The molecular formula is C26H18F7N3O3S. The van der Waals surface area contributed by atoms with Gasteiger partial charge in [0.15, 0.2) is 23.3 Å². The van der Waals surface area contributed by atoms with Gasteiger partial charge in [-0.1, -0.05) is 18.2 Å². The normalized spacial score (nSPS) is 16.4. The number of sulfonamides is 1. The summed E-state index contributed by atoms with van der Waals surface area (Å²) in [6, 6.07) is 17.0. The standard InChI is InChI=1S/C26H18F7N3O3S/c27-21-20(26(31,32)33)25(24(30)23(29)22(21)28)40(37,38)35-12-10-16(14-35)36-13-11-19(34-36)15-6-8-18(9-7-15)39-17-4-2-1-3-5-17/h1-9,11,13,16H,10,12,14H2. The minimum atomic E-state index is -5.82. The van der Waals surface area contributed by atoms with Gasteiger partial charge in [-0.15, -0.1) is 0 Å². The summed E-state index contributed by atoms with van der Waals surface area (Å²) in [5, 5.41) is 4.41. The van der Waals surface area contributed by atoms with Crippen molar-refractivity contribution < 1.29 is 43.9 Å². The first-order valence-corrected chi connectivity index (χ1v) is 13.1. The number of para-hydroxylation sites is 1. The number of nitrogens with zero attached hydrogens (tertiary/aromatic N) is 3. The van der Waals surface area contributed by atoms with Gasteiger partial charge < -0.3 is 4.74 Å². The summed E-state index contributed by atoms with van der Waals surface area (Å²) in [5.74, 6) is -9.67. The first kappa shape index (κ1) is 27.6. The van der Waals surface area contributed by atoms with Crippen LogP contribution in [0.2, 0.25) is 0 Å². The van der Waals surface area contributed by atoms with Crippen molar-refractivity contribution in [3.8, 4) is 22.8 Å². The van der Waals surface area contributed by atoms with Crippen molar-refractivity contribution in [2.45, 2.75) is 23.5 Å². The van der Waals surface area contributed by atoms with Gasteiger partial charge in [0.25, 0.3) is 0 Å². The van der Waals surface area contributed by atoms with Crippen molar-refractivity contribution in [1.82, 2.24) is 14.1 Å². The Bertz CT molecular complexity index is 1660. The Morgan fingerprint density at radius 1 is 0.825 bits per heavy atom. The smallest absolute Gasteiger partial charge is 0.420 e. The molecule has 5 rings (SSSR count). The van der Waals surface area contributed by atoms with Crippen LogP contribution in [0.25, 0.3) is 11.3 Å². The van der Waals surface area contributed by atoms with Gasteiger partial charge in [0.05, 0.1) is 11.7 Å². The maximum Gasteiger partial charge on any atom is 0.420 e. The van der Waals surface area contributed by atoms with Crippen molar-refractivity contribution in [3.63, 3.8) is 0 Å². The van der Waals surface area contributed by atoms with E-state index in [0.29, 0.717) is 27.1 Å². The first-order valence-electron chi connectivity index (χ1n) is 11.7. The monoisotopic (exact) mass is 585 g/mol. The molecule has 0 N–H and O–H groups in total. The summed E-state index contributed by atoms with van der Waals surface area (Å²) in [6.07, 6.45) is -4.23. The highest BCUT2D eigenvalue weighted by Gasteiger charge is 2.48. The minimum absolute atomic E-state index is 0.0549. The molecule has 1 fully saturated rings. The number of hydrogen-bond acceptors (Lipinski definition) is 4. The average molecular weight is 586 g/mol. The third-order valence-corrected chi connectivity index (χ3v) is 8.25. The van der Waals surface area contributed by atoms with Crippen LogP contribution in [-0.4, -0.2) is 35.6 Å². The molecule has 0 radical (unpaired) electrons. The molecular weight excluding hydrogens is 567 g/mol. The number of halogens is 7. The molecule has 2 heterocycles. The molecule has 40 heavy (non-hydrogen) atoms. The highest BCUT2D eigenvalue weighted by atomic mass is 32.2. The topological polar surface area (TPSA) is 64.4 Å². The lowest BCUT2D eigenvalue weighted by Crippen LogP contribution is -2.33. The van der Waals surface area contributed by atoms with E-state index in [2.05, 4.69) is 5.10 Å². The molecule has 6 nitrogen and oxygen atoms in total. The van der Waals surface area contributed by atoms with E-state index in [4.69, 9.17) is 4.74 Å². The lowest BCUT2D eigenvalue weighted by molar-refractivity contribution is -0.143. The number of rotatable bonds is 6. The van der Waals surface area contributed by atoms with Gasteiger partial charge in [0, 0.05) is 24.8 Å². The van der Waals surface area contributed by atoms with E-state index >= 15 is 0 Å². The number of alkyl halides is 3. The fourth-order valence-corrected chi connectivity index (χ4v) is 6.15. The van der Waals surface area contributed by atoms with E-state index < -0.39 is 69.1 Å². The lowest BCUT2D eigenvalue weighted by atomic mass is 10.1. The Labute approximate surface area is 223 Å². The fraction of sp³-hybridized carbons (Fsp3) is 0.192. The predicted molar refractivity (Wildman–Crippen MR) is 128 cm³/mol. The van der Waals surface area contributed by atoms with Crippen LogP contribution in [0.3, 0.4) is 0 Å². The summed E-state index contributed by atoms with van der Waals surface area (Å²) in [7, 11) is -5.43. The second kappa shape index (κ2) is 10.2. The number of ether oxygens (including phenoxy) is 1. The Morgan fingerprint density at radius 2 is 1.45 bits per heavy atom. The van der Waals surface area contributed by atoms with E-state index in [-0.39, 0.29) is 6.42 Å². The van der Waals surface area contributed by atoms with Gasteiger partial charge in [-0.2, -0.15) is 22.6 Å². The van der Waals surface area contributed by atoms with Crippen LogP contribution in [0, 0.1) is 23.3 Å². The van der Waals surface area contributed by atoms with Gasteiger partial charge in [-0.3, -0.25) is 4.68 Å². The third kappa shape index (κ3) is 5.04. The van der Waals surface area contributed by atoms with Crippen LogP contribution in [0.1, 0.15) is 18.0 Å². The van der Waals surface area contributed by atoms with E-state index in [1.165, 1.54) is 10.9 Å². The van der Waals surface area contributed by atoms with Crippen molar-refractivity contribution in [3.05, 3.63) is 95.7 Å². The highest BCUT2D eigenvalue weighted by molar-refractivity contribution is 7.89. The molecule has 1 saturated heterocycles. The van der Waals surface area contributed by atoms with E-state index in [1.54, 1.807) is 42.5 Å². The quantitative estimate of drug-likeness (QED) is 0.146. The van der Waals surface area contributed by atoms with Crippen LogP contribution in [0.15, 0.2) is 71.8 Å².